The second kappa shape index (κ2) is 5.95. The second-order valence-electron chi connectivity index (χ2n) is 5.10. The summed E-state index contributed by atoms with van der Waals surface area (Å²) in [6, 6.07) is 8.42. The molecule has 4 nitrogen and oxygen atoms in total. The molecule has 0 radical (unpaired) electrons. The number of pyridine rings is 1. The summed E-state index contributed by atoms with van der Waals surface area (Å²) in [5.74, 6) is -0.628. The third kappa shape index (κ3) is 2.74. The summed E-state index contributed by atoms with van der Waals surface area (Å²) in [5, 5.41) is 0.0214. The summed E-state index contributed by atoms with van der Waals surface area (Å²) in [6.07, 6.45) is 3.05. The summed E-state index contributed by atoms with van der Waals surface area (Å²) in [5.41, 5.74) is 0.691. The molecule has 1 aromatic heterocycles. The van der Waals surface area contributed by atoms with Gasteiger partial charge in [-0.15, -0.1) is 0 Å². The van der Waals surface area contributed by atoms with Crippen molar-refractivity contribution >= 4 is 21.6 Å². The highest BCUT2D eigenvalue weighted by Crippen LogP contribution is 2.37. The number of halogens is 2. The van der Waals surface area contributed by atoms with Gasteiger partial charge >= 0.3 is 0 Å². The molecule has 0 bridgehead atoms. The highest BCUT2D eigenvalue weighted by atomic mass is 35.5. The molecule has 1 aromatic carbocycles. The molecule has 22 heavy (non-hydrogen) atoms. The molecule has 1 saturated heterocycles. The van der Waals surface area contributed by atoms with Crippen molar-refractivity contribution in [3.8, 4) is 0 Å². The van der Waals surface area contributed by atoms with Gasteiger partial charge in [-0.1, -0.05) is 17.7 Å². The first-order valence-corrected chi connectivity index (χ1v) is 8.70. The number of aromatic nitrogens is 1. The monoisotopic (exact) mass is 340 g/mol. The summed E-state index contributed by atoms with van der Waals surface area (Å²) >= 11 is 5.96. The number of benzene rings is 1. The third-order valence-corrected chi connectivity index (χ3v) is 6.10. The Labute approximate surface area is 133 Å². The normalized spacial score (nSPS) is 19.5. The molecule has 3 rings (SSSR count). The third-order valence-electron chi connectivity index (χ3n) is 3.71. The van der Waals surface area contributed by atoms with E-state index < -0.39 is 15.8 Å². The van der Waals surface area contributed by atoms with Gasteiger partial charge in [-0.2, -0.15) is 4.31 Å². The molecule has 1 aliphatic rings. The van der Waals surface area contributed by atoms with Crippen molar-refractivity contribution in [1.82, 2.24) is 9.29 Å². The Morgan fingerprint density at radius 1 is 1.27 bits per heavy atom. The lowest BCUT2D eigenvalue weighted by atomic mass is 10.1. The fraction of sp³-hybridized carbons (Fsp3) is 0.267. The second-order valence-corrected chi connectivity index (χ2v) is 7.37. The van der Waals surface area contributed by atoms with Gasteiger partial charge in [0.25, 0.3) is 0 Å². The smallest absolute Gasteiger partial charge is 0.245 e. The van der Waals surface area contributed by atoms with Crippen LogP contribution in [0, 0.1) is 5.82 Å². The van der Waals surface area contributed by atoms with Crippen LogP contribution in [-0.2, 0) is 10.0 Å². The molecule has 1 atom stereocenters. The van der Waals surface area contributed by atoms with E-state index in [0.29, 0.717) is 18.7 Å². The molecule has 0 amide bonds. The Hall–Kier alpha value is -1.50. The van der Waals surface area contributed by atoms with Crippen molar-refractivity contribution in [3.63, 3.8) is 0 Å². The maximum atomic E-state index is 13.4. The Morgan fingerprint density at radius 3 is 2.82 bits per heavy atom. The highest BCUT2D eigenvalue weighted by Gasteiger charge is 2.37. The zero-order chi connectivity index (χ0) is 15.7. The summed E-state index contributed by atoms with van der Waals surface area (Å²) in [7, 11) is -3.87. The summed E-state index contributed by atoms with van der Waals surface area (Å²) in [6.45, 7) is 0.371. The molecule has 1 unspecified atom stereocenters. The molecule has 2 aromatic rings. The first-order valence-electron chi connectivity index (χ1n) is 6.88. The number of hydrogen-bond acceptors (Lipinski definition) is 3. The van der Waals surface area contributed by atoms with E-state index in [1.807, 2.05) is 6.07 Å². The SMILES string of the molecule is O=S(=O)(c1cc(F)ccc1Cl)N1CCCC1c1ccccn1. The molecule has 116 valence electrons. The maximum Gasteiger partial charge on any atom is 0.245 e. The molecular formula is C15H14ClFN2O2S. The summed E-state index contributed by atoms with van der Waals surface area (Å²) < 4.78 is 40.5. The standard InChI is InChI=1S/C15H14ClFN2O2S/c16-12-7-6-11(17)10-15(12)22(20,21)19-9-3-5-14(19)13-4-1-2-8-18-13/h1-2,4,6-8,10,14H,3,5,9H2. The zero-order valence-electron chi connectivity index (χ0n) is 11.6. The molecule has 0 N–H and O–H groups in total. The number of nitrogens with zero attached hydrogens (tertiary/aromatic N) is 2. The maximum absolute atomic E-state index is 13.4. The van der Waals surface area contributed by atoms with Gasteiger partial charge < -0.3 is 0 Å². The van der Waals surface area contributed by atoms with E-state index in [1.165, 1.54) is 10.4 Å². The quantitative estimate of drug-likeness (QED) is 0.860. The Balaban J connectivity index is 2.03. The molecule has 1 fully saturated rings. The van der Waals surface area contributed by atoms with Gasteiger partial charge in [0.15, 0.2) is 0 Å². The molecule has 0 aliphatic carbocycles. The average molecular weight is 341 g/mol. The van der Waals surface area contributed by atoms with Gasteiger partial charge in [0, 0.05) is 12.7 Å². The van der Waals surface area contributed by atoms with E-state index in [9.17, 15) is 12.8 Å². The number of sulfonamides is 1. The summed E-state index contributed by atoms with van der Waals surface area (Å²) in [4.78, 5) is 4.05. The lowest BCUT2D eigenvalue weighted by Gasteiger charge is -2.24. The van der Waals surface area contributed by atoms with Crippen LogP contribution in [0.15, 0.2) is 47.5 Å². The zero-order valence-corrected chi connectivity index (χ0v) is 13.2. The van der Waals surface area contributed by atoms with E-state index in [1.54, 1.807) is 18.3 Å². The first-order chi connectivity index (χ1) is 10.5. The minimum atomic E-state index is -3.87. The van der Waals surface area contributed by atoms with E-state index in [4.69, 9.17) is 11.6 Å². The van der Waals surface area contributed by atoms with Gasteiger partial charge in [0.05, 0.1) is 16.8 Å². The van der Waals surface area contributed by atoms with Crippen molar-refractivity contribution in [2.24, 2.45) is 0 Å². The van der Waals surface area contributed by atoms with Gasteiger partial charge in [-0.3, -0.25) is 4.98 Å². The van der Waals surface area contributed by atoms with E-state index in [2.05, 4.69) is 4.98 Å². The van der Waals surface area contributed by atoms with Crippen LogP contribution < -0.4 is 0 Å². The largest absolute Gasteiger partial charge is 0.260 e. The Bertz CT molecular complexity index is 783. The van der Waals surface area contributed by atoms with Crippen LogP contribution in [0.25, 0.3) is 0 Å². The van der Waals surface area contributed by atoms with E-state index >= 15 is 0 Å². The van der Waals surface area contributed by atoms with Crippen LogP contribution in [0.3, 0.4) is 0 Å². The fourth-order valence-corrected chi connectivity index (χ4v) is 4.85. The van der Waals surface area contributed by atoms with Crippen molar-refractivity contribution in [3.05, 3.63) is 59.1 Å². The Morgan fingerprint density at radius 2 is 2.09 bits per heavy atom. The van der Waals surface area contributed by atoms with E-state index in [-0.39, 0.29) is 16.0 Å². The van der Waals surface area contributed by atoms with Crippen LogP contribution in [0.2, 0.25) is 5.02 Å². The topological polar surface area (TPSA) is 50.3 Å². The predicted octanol–water partition coefficient (Wildman–Crippen LogP) is 3.40. The van der Waals surface area contributed by atoms with Gasteiger partial charge in [-0.05, 0) is 43.2 Å². The molecular weight excluding hydrogens is 327 g/mol. The number of hydrogen-bond donors (Lipinski definition) is 0. The van der Waals surface area contributed by atoms with Crippen molar-refractivity contribution in [1.29, 1.82) is 0 Å². The molecule has 2 heterocycles. The predicted molar refractivity (Wildman–Crippen MR) is 81.5 cm³/mol. The van der Waals surface area contributed by atoms with Crippen molar-refractivity contribution in [2.45, 2.75) is 23.8 Å². The van der Waals surface area contributed by atoms with Gasteiger partial charge in [-0.25, -0.2) is 12.8 Å². The molecule has 0 spiro atoms. The Kier molecular flexibility index (Phi) is 4.16. The molecule has 1 aliphatic heterocycles. The van der Waals surface area contributed by atoms with Crippen LogP contribution >= 0.6 is 11.6 Å². The van der Waals surface area contributed by atoms with Crippen LogP contribution in [0.1, 0.15) is 24.6 Å². The highest BCUT2D eigenvalue weighted by molar-refractivity contribution is 7.89. The fourth-order valence-electron chi connectivity index (χ4n) is 2.70. The lowest BCUT2D eigenvalue weighted by Crippen LogP contribution is -2.31. The van der Waals surface area contributed by atoms with Crippen molar-refractivity contribution in [2.75, 3.05) is 6.54 Å². The first kappa shape index (κ1) is 15.4. The van der Waals surface area contributed by atoms with Crippen LogP contribution in [0.5, 0.6) is 0 Å². The van der Waals surface area contributed by atoms with Crippen LogP contribution in [-0.4, -0.2) is 24.3 Å². The lowest BCUT2D eigenvalue weighted by molar-refractivity contribution is 0.390. The minimum absolute atomic E-state index is 0.0214. The number of rotatable bonds is 3. The average Bonchev–Trinajstić information content (AvgIpc) is 3.01. The van der Waals surface area contributed by atoms with E-state index in [0.717, 1.165) is 18.6 Å². The molecule has 0 saturated carbocycles. The van der Waals surface area contributed by atoms with Crippen LogP contribution in [0.4, 0.5) is 4.39 Å². The van der Waals surface area contributed by atoms with Crippen molar-refractivity contribution < 1.29 is 12.8 Å². The minimum Gasteiger partial charge on any atom is -0.260 e. The van der Waals surface area contributed by atoms with Gasteiger partial charge in [0.2, 0.25) is 10.0 Å². The van der Waals surface area contributed by atoms with Gasteiger partial charge in [0.1, 0.15) is 10.7 Å². The molecule has 7 heteroatoms.